The molecular formula is C20H21N3O5. The molecule has 0 aromatic heterocycles. The van der Waals surface area contributed by atoms with Gasteiger partial charge in [0.2, 0.25) is 0 Å². The van der Waals surface area contributed by atoms with Crippen molar-refractivity contribution < 1.29 is 19.6 Å². The van der Waals surface area contributed by atoms with Gasteiger partial charge in [-0.2, -0.15) is 0 Å². The highest BCUT2D eigenvalue weighted by Crippen LogP contribution is 2.30. The van der Waals surface area contributed by atoms with Crippen LogP contribution in [0.3, 0.4) is 0 Å². The van der Waals surface area contributed by atoms with Crippen LogP contribution in [0.25, 0.3) is 0 Å². The molecule has 0 aliphatic heterocycles. The van der Waals surface area contributed by atoms with E-state index in [0.29, 0.717) is 5.69 Å². The molecule has 3 rings (SSSR count). The number of nitrogens with zero attached hydrogens (tertiary/aromatic N) is 1. The van der Waals surface area contributed by atoms with Crippen molar-refractivity contribution in [2.24, 2.45) is 5.73 Å². The van der Waals surface area contributed by atoms with E-state index in [2.05, 4.69) is 5.32 Å². The van der Waals surface area contributed by atoms with Crippen molar-refractivity contribution in [2.75, 3.05) is 5.32 Å². The summed E-state index contributed by atoms with van der Waals surface area (Å²) < 4.78 is 0. The van der Waals surface area contributed by atoms with Gasteiger partial charge in [-0.25, -0.2) is 4.79 Å². The van der Waals surface area contributed by atoms with Gasteiger partial charge in [-0.1, -0.05) is 31.0 Å². The van der Waals surface area contributed by atoms with Crippen molar-refractivity contribution in [3.8, 4) is 0 Å². The molecule has 0 spiro atoms. The molecule has 1 saturated carbocycles. The van der Waals surface area contributed by atoms with Crippen LogP contribution in [0.1, 0.15) is 52.0 Å². The van der Waals surface area contributed by atoms with Crippen LogP contribution >= 0.6 is 0 Å². The zero-order valence-corrected chi connectivity index (χ0v) is 15.1. The van der Waals surface area contributed by atoms with Crippen molar-refractivity contribution in [3.63, 3.8) is 0 Å². The molecule has 2 atom stereocenters. The summed E-state index contributed by atoms with van der Waals surface area (Å²) in [7, 11) is 0. The van der Waals surface area contributed by atoms with Crippen molar-refractivity contribution in [1.29, 1.82) is 0 Å². The largest absolute Gasteiger partial charge is 0.478 e. The molecule has 8 heteroatoms. The summed E-state index contributed by atoms with van der Waals surface area (Å²) in [6, 6.07) is 9.75. The predicted octanol–water partition coefficient (Wildman–Crippen LogP) is 3.21. The smallest absolute Gasteiger partial charge is 0.336 e. The number of hydrogen-bond acceptors (Lipinski definition) is 6. The molecule has 0 radical (unpaired) electrons. The summed E-state index contributed by atoms with van der Waals surface area (Å²) in [5.74, 6) is -1.81. The molecule has 2 aromatic rings. The normalized spacial score (nSPS) is 19.0. The van der Waals surface area contributed by atoms with Crippen LogP contribution < -0.4 is 11.1 Å². The van der Waals surface area contributed by atoms with Crippen LogP contribution in [0.2, 0.25) is 0 Å². The number of nitro groups is 1. The number of carboxylic acid groups (broad SMARTS) is 1. The van der Waals surface area contributed by atoms with Crippen LogP contribution in [0.15, 0.2) is 42.5 Å². The zero-order valence-electron chi connectivity index (χ0n) is 15.1. The number of benzene rings is 2. The van der Waals surface area contributed by atoms with Gasteiger partial charge in [0.05, 0.1) is 10.5 Å². The number of nitrogens with two attached hydrogens (primary N) is 1. The third kappa shape index (κ3) is 4.01. The second-order valence-electron chi connectivity index (χ2n) is 6.87. The summed E-state index contributed by atoms with van der Waals surface area (Å²) in [6.45, 7) is 0. The number of ketones is 1. The van der Waals surface area contributed by atoms with Crippen LogP contribution in [0.4, 0.5) is 11.4 Å². The standard InChI is InChI=1S/C20H21N3O5/c21-15-7-3-4-8-16(15)22-17-10-9-12(11-18(17)23(27)28)19(24)13-5-1-2-6-14(13)20(25)26/h1-2,5-6,9-11,15-16,22H,3-4,7-8,21H2,(H,25,26). The molecule has 2 unspecified atom stereocenters. The van der Waals surface area contributed by atoms with E-state index in [-0.39, 0.29) is 34.5 Å². The number of carbonyl (C=O) groups excluding carboxylic acids is 1. The molecule has 1 fully saturated rings. The summed E-state index contributed by atoms with van der Waals surface area (Å²) in [5.41, 5.74) is 6.06. The predicted molar refractivity (Wildman–Crippen MR) is 104 cm³/mol. The SMILES string of the molecule is NC1CCCCC1Nc1ccc(C(=O)c2ccccc2C(=O)O)cc1[N+](=O)[O-]. The molecule has 2 aromatic carbocycles. The molecular weight excluding hydrogens is 362 g/mol. The quantitative estimate of drug-likeness (QED) is 0.396. The molecule has 4 N–H and O–H groups in total. The van der Waals surface area contributed by atoms with Crippen LogP contribution in [-0.2, 0) is 0 Å². The summed E-state index contributed by atoms with van der Waals surface area (Å²) >= 11 is 0. The number of aromatic carboxylic acids is 1. The lowest BCUT2D eigenvalue weighted by atomic mass is 9.90. The first-order chi connectivity index (χ1) is 13.4. The van der Waals surface area contributed by atoms with Gasteiger partial charge < -0.3 is 16.2 Å². The molecule has 1 aliphatic rings. The first-order valence-corrected chi connectivity index (χ1v) is 9.06. The summed E-state index contributed by atoms with van der Waals surface area (Å²) in [5, 5.41) is 24.0. The Balaban J connectivity index is 1.94. The molecule has 8 nitrogen and oxygen atoms in total. The van der Waals surface area contributed by atoms with Crippen molar-refractivity contribution in [2.45, 2.75) is 37.8 Å². The molecule has 0 heterocycles. The Morgan fingerprint density at radius 1 is 1.11 bits per heavy atom. The second kappa shape index (κ2) is 8.18. The fourth-order valence-electron chi connectivity index (χ4n) is 3.51. The Labute approximate surface area is 161 Å². The highest BCUT2D eigenvalue weighted by molar-refractivity contribution is 6.14. The van der Waals surface area contributed by atoms with E-state index in [1.165, 1.54) is 36.4 Å². The molecule has 0 amide bonds. The van der Waals surface area contributed by atoms with E-state index in [1.807, 2.05) is 0 Å². The van der Waals surface area contributed by atoms with Gasteiger partial charge in [0.1, 0.15) is 5.69 Å². The minimum atomic E-state index is -1.23. The number of nitro benzene ring substituents is 1. The van der Waals surface area contributed by atoms with Gasteiger partial charge in [0, 0.05) is 29.3 Å². The number of anilines is 1. The highest BCUT2D eigenvalue weighted by atomic mass is 16.6. The van der Waals surface area contributed by atoms with E-state index >= 15 is 0 Å². The third-order valence-electron chi connectivity index (χ3n) is 5.02. The van der Waals surface area contributed by atoms with E-state index < -0.39 is 16.7 Å². The van der Waals surface area contributed by atoms with Gasteiger partial charge in [-0.3, -0.25) is 14.9 Å². The maximum Gasteiger partial charge on any atom is 0.336 e. The Morgan fingerprint density at radius 2 is 1.79 bits per heavy atom. The van der Waals surface area contributed by atoms with E-state index in [1.54, 1.807) is 6.07 Å². The van der Waals surface area contributed by atoms with Gasteiger partial charge in [-0.05, 0) is 31.0 Å². The Bertz CT molecular complexity index is 928. The minimum absolute atomic E-state index is 0.0145. The molecule has 146 valence electrons. The lowest BCUT2D eigenvalue weighted by molar-refractivity contribution is -0.384. The molecule has 0 saturated heterocycles. The van der Waals surface area contributed by atoms with Crippen LogP contribution in [0.5, 0.6) is 0 Å². The van der Waals surface area contributed by atoms with Crippen molar-refractivity contribution in [1.82, 2.24) is 0 Å². The van der Waals surface area contributed by atoms with Gasteiger partial charge in [0.15, 0.2) is 5.78 Å². The number of carbonyl (C=O) groups is 2. The maximum atomic E-state index is 12.8. The zero-order chi connectivity index (χ0) is 20.3. The summed E-state index contributed by atoms with van der Waals surface area (Å²) in [6.07, 6.45) is 3.72. The Hall–Kier alpha value is -3.26. The average molecular weight is 383 g/mol. The Kier molecular flexibility index (Phi) is 5.70. The Morgan fingerprint density at radius 3 is 2.43 bits per heavy atom. The number of hydrogen-bond donors (Lipinski definition) is 3. The topological polar surface area (TPSA) is 136 Å². The van der Waals surface area contributed by atoms with Gasteiger partial charge in [0.25, 0.3) is 5.69 Å². The van der Waals surface area contributed by atoms with E-state index in [4.69, 9.17) is 5.73 Å². The maximum absolute atomic E-state index is 12.8. The first kappa shape index (κ1) is 19.5. The fourth-order valence-corrected chi connectivity index (χ4v) is 3.51. The fraction of sp³-hybridized carbons (Fsp3) is 0.300. The lowest BCUT2D eigenvalue weighted by Crippen LogP contribution is -2.42. The van der Waals surface area contributed by atoms with E-state index in [0.717, 1.165) is 25.7 Å². The lowest BCUT2D eigenvalue weighted by Gasteiger charge is -2.30. The first-order valence-electron chi connectivity index (χ1n) is 9.06. The van der Waals surface area contributed by atoms with E-state index in [9.17, 15) is 24.8 Å². The van der Waals surface area contributed by atoms with Crippen LogP contribution in [0, 0.1) is 10.1 Å². The van der Waals surface area contributed by atoms with Gasteiger partial charge in [-0.15, -0.1) is 0 Å². The summed E-state index contributed by atoms with van der Waals surface area (Å²) in [4.78, 5) is 35.1. The van der Waals surface area contributed by atoms with Crippen molar-refractivity contribution >= 4 is 23.1 Å². The monoisotopic (exact) mass is 383 g/mol. The number of carboxylic acids is 1. The number of rotatable bonds is 6. The number of nitrogens with one attached hydrogen (secondary N) is 1. The molecule has 28 heavy (non-hydrogen) atoms. The van der Waals surface area contributed by atoms with Crippen LogP contribution in [-0.4, -0.2) is 33.9 Å². The molecule has 1 aliphatic carbocycles. The third-order valence-corrected chi connectivity index (χ3v) is 5.02. The van der Waals surface area contributed by atoms with Gasteiger partial charge >= 0.3 is 5.97 Å². The van der Waals surface area contributed by atoms with Crippen molar-refractivity contribution in [3.05, 3.63) is 69.3 Å². The minimum Gasteiger partial charge on any atom is -0.478 e. The second-order valence-corrected chi connectivity index (χ2v) is 6.87. The average Bonchev–Trinajstić information content (AvgIpc) is 2.69. The molecule has 0 bridgehead atoms. The highest BCUT2D eigenvalue weighted by Gasteiger charge is 2.26.